The molecule has 0 spiro atoms. The lowest BCUT2D eigenvalue weighted by atomic mass is 9.71. The highest BCUT2D eigenvalue weighted by Crippen LogP contribution is 2.41. The first-order valence-corrected chi connectivity index (χ1v) is 10.3. The van der Waals surface area contributed by atoms with Crippen LogP contribution in [0.25, 0.3) is 10.9 Å². The summed E-state index contributed by atoms with van der Waals surface area (Å²) in [6.07, 6.45) is -4.16. The number of carbonyl (C=O) groups is 1. The number of halogens is 3. The number of aromatic nitrogens is 2. The van der Waals surface area contributed by atoms with Gasteiger partial charge in [0.15, 0.2) is 0 Å². The summed E-state index contributed by atoms with van der Waals surface area (Å²) in [6.45, 7) is 8.17. The average molecular weight is 432 g/mol. The van der Waals surface area contributed by atoms with Crippen LogP contribution in [-0.4, -0.2) is 28.4 Å². The maximum atomic E-state index is 12.6. The van der Waals surface area contributed by atoms with E-state index < -0.39 is 23.9 Å². The van der Waals surface area contributed by atoms with E-state index in [-0.39, 0.29) is 18.5 Å². The summed E-state index contributed by atoms with van der Waals surface area (Å²) in [5.41, 5.74) is 2.55. The lowest BCUT2D eigenvalue weighted by Gasteiger charge is -2.35. The molecule has 2 aromatic carbocycles. The Morgan fingerprint density at radius 2 is 1.74 bits per heavy atom. The second-order valence-electron chi connectivity index (χ2n) is 8.90. The van der Waals surface area contributed by atoms with E-state index in [1.54, 1.807) is 0 Å². The molecule has 0 unspecified atom stereocenters. The molecule has 4 nitrogen and oxygen atoms in total. The van der Waals surface area contributed by atoms with Gasteiger partial charge in [-0.15, -0.1) is 0 Å². The van der Waals surface area contributed by atoms with E-state index in [1.165, 1.54) is 0 Å². The zero-order valence-electron chi connectivity index (χ0n) is 18.2. The topological polar surface area (TPSA) is 46.9 Å². The van der Waals surface area contributed by atoms with Crippen LogP contribution in [-0.2, 0) is 4.79 Å². The van der Waals surface area contributed by atoms with Gasteiger partial charge in [0.25, 0.3) is 0 Å². The highest BCUT2D eigenvalue weighted by Gasteiger charge is 2.35. The van der Waals surface area contributed by atoms with Crippen LogP contribution in [0.15, 0.2) is 54.7 Å². The third-order valence-corrected chi connectivity index (χ3v) is 5.46. The fraction of sp³-hybridized carbons (Fsp3) is 0.417. The van der Waals surface area contributed by atoms with Gasteiger partial charge in [0.05, 0.1) is 11.7 Å². The van der Waals surface area contributed by atoms with Crippen molar-refractivity contribution in [2.45, 2.75) is 52.3 Å². The van der Waals surface area contributed by atoms with Crippen molar-refractivity contribution < 1.29 is 18.0 Å². The quantitative estimate of drug-likeness (QED) is 0.511. The number of alkyl halides is 3. The Labute approximate surface area is 180 Å². The van der Waals surface area contributed by atoms with Crippen LogP contribution in [0.2, 0.25) is 0 Å². The highest BCUT2D eigenvalue weighted by atomic mass is 19.4. The van der Waals surface area contributed by atoms with Crippen molar-refractivity contribution in [2.24, 2.45) is 5.41 Å². The molecular formula is C24H28F3N3O. The molecule has 0 aliphatic carbocycles. The lowest BCUT2D eigenvalue weighted by molar-refractivity contribution is -0.154. The molecule has 3 rings (SSSR count). The van der Waals surface area contributed by atoms with Gasteiger partial charge in [-0.3, -0.25) is 9.48 Å². The number of carbonyl (C=O) groups excluding carboxylic acids is 1. The van der Waals surface area contributed by atoms with E-state index in [0.717, 1.165) is 22.0 Å². The van der Waals surface area contributed by atoms with Gasteiger partial charge in [0.2, 0.25) is 5.91 Å². The molecule has 0 radical (unpaired) electrons. The molecule has 0 saturated heterocycles. The maximum Gasteiger partial charge on any atom is 0.397 e. The molecule has 1 aromatic heterocycles. The van der Waals surface area contributed by atoms with Crippen LogP contribution in [0, 0.1) is 5.41 Å². The largest absolute Gasteiger partial charge is 0.397 e. The van der Waals surface area contributed by atoms with Crippen molar-refractivity contribution in [1.82, 2.24) is 15.1 Å². The fourth-order valence-corrected chi connectivity index (χ4v) is 4.08. The van der Waals surface area contributed by atoms with Crippen LogP contribution in [0.4, 0.5) is 13.2 Å². The van der Waals surface area contributed by atoms with Crippen molar-refractivity contribution in [3.05, 3.63) is 65.9 Å². The van der Waals surface area contributed by atoms with E-state index in [2.05, 4.69) is 30.3 Å². The Hall–Kier alpha value is -2.83. The van der Waals surface area contributed by atoms with E-state index >= 15 is 0 Å². The summed E-state index contributed by atoms with van der Waals surface area (Å²) in [4.78, 5) is 11.8. The van der Waals surface area contributed by atoms with E-state index in [0.29, 0.717) is 0 Å². The SMILES string of the molecule is CC(C)n1ncc2cc([C@H](c3ccccc3)C(C)(C)CNC(=O)CC(F)(F)F)ccc21. The van der Waals surface area contributed by atoms with Gasteiger partial charge >= 0.3 is 6.18 Å². The first kappa shape index (κ1) is 22.8. The number of hydrogen-bond donors (Lipinski definition) is 1. The summed E-state index contributed by atoms with van der Waals surface area (Å²) in [5, 5.41) is 7.96. The van der Waals surface area contributed by atoms with Gasteiger partial charge in [0.1, 0.15) is 6.42 Å². The summed E-state index contributed by atoms with van der Waals surface area (Å²) in [5.74, 6) is -1.15. The van der Waals surface area contributed by atoms with Crippen molar-refractivity contribution in [1.29, 1.82) is 0 Å². The lowest BCUT2D eigenvalue weighted by Crippen LogP contribution is -2.39. The summed E-state index contributed by atoms with van der Waals surface area (Å²) in [7, 11) is 0. The normalized spacial score (nSPS) is 13.5. The van der Waals surface area contributed by atoms with E-state index in [1.807, 2.05) is 67.2 Å². The first-order chi connectivity index (χ1) is 14.5. The zero-order valence-corrected chi connectivity index (χ0v) is 18.2. The van der Waals surface area contributed by atoms with Crippen LogP contribution < -0.4 is 5.32 Å². The number of fused-ring (bicyclic) bond motifs is 1. The predicted octanol–water partition coefficient (Wildman–Crippen LogP) is 5.84. The minimum Gasteiger partial charge on any atom is -0.355 e. The van der Waals surface area contributed by atoms with Crippen LogP contribution >= 0.6 is 0 Å². The Morgan fingerprint density at radius 1 is 1.06 bits per heavy atom. The monoisotopic (exact) mass is 431 g/mol. The average Bonchev–Trinajstić information content (AvgIpc) is 3.10. The standard InChI is InChI=1S/C24H28F3N3O/c1-16(2)30-20-11-10-18(12-19(20)14-29-30)22(17-8-6-5-7-9-17)23(3,4)15-28-21(31)13-24(25,26)27/h5-12,14,16,22H,13,15H2,1-4H3,(H,28,31)/t22-/m0/s1. The number of rotatable bonds is 7. The van der Waals surface area contributed by atoms with Crippen molar-refractivity contribution in [3.63, 3.8) is 0 Å². The maximum absolute atomic E-state index is 12.6. The molecule has 1 heterocycles. The van der Waals surface area contributed by atoms with Gasteiger partial charge in [0, 0.05) is 23.9 Å². The minimum absolute atomic E-state index is 0.116. The van der Waals surface area contributed by atoms with Gasteiger partial charge in [-0.1, -0.05) is 50.2 Å². The molecule has 0 aliphatic heterocycles. The highest BCUT2D eigenvalue weighted by molar-refractivity contribution is 5.80. The molecule has 1 N–H and O–H groups in total. The molecule has 3 aromatic rings. The predicted molar refractivity (Wildman–Crippen MR) is 116 cm³/mol. The Balaban J connectivity index is 1.95. The third-order valence-electron chi connectivity index (χ3n) is 5.46. The second kappa shape index (κ2) is 8.73. The third kappa shape index (κ3) is 5.46. The van der Waals surface area contributed by atoms with Gasteiger partial charge in [-0.2, -0.15) is 18.3 Å². The molecule has 1 amide bonds. The van der Waals surface area contributed by atoms with Crippen molar-refractivity contribution in [3.8, 4) is 0 Å². The molecule has 1 atom stereocenters. The smallest absolute Gasteiger partial charge is 0.355 e. The summed E-state index contributed by atoms with van der Waals surface area (Å²) in [6, 6.07) is 16.2. The molecule has 7 heteroatoms. The molecule has 166 valence electrons. The van der Waals surface area contributed by atoms with Crippen molar-refractivity contribution in [2.75, 3.05) is 6.54 Å². The van der Waals surface area contributed by atoms with Crippen LogP contribution in [0.3, 0.4) is 0 Å². The summed E-state index contributed by atoms with van der Waals surface area (Å²) < 4.78 is 39.6. The summed E-state index contributed by atoms with van der Waals surface area (Å²) >= 11 is 0. The molecular weight excluding hydrogens is 403 g/mol. The van der Waals surface area contributed by atoms with Crippen LogP contribution in [0.5, 0.6) is 0 Å². The van der Waals surface area contributed by atoms with Crippen LogP contribution in [0.1, 0.15) is 57.2 Å². The van der Waals surface area contributed by atoms with E-state index in [9.17, 15) is 18.0 Å². The fourth-order valence-electron chi connectivity index (χ4n) is 4.08. The van der Waals surface area contributed by atoms with Gasteiger partial charge < -0.3 is 5.32 Å². The van der Waals surface area contributed by atoms with Crippen molar-refractivity contribution >= 4 is 16.8 Å². The molecule has 0 fully saturated rings. The number of amides is 1. The Bertz CT molecular complexity index is 1040. The van der Waals surface area contributed by atoms with Gasteiger partial charge in [-0.25, -0.2) is 0 Å². The molecule has 31 heavy (non-hydrogen) atoms. The first-order valence-electron chi connectivity index (χ1n) is 10.3. The van der Waals surface area contributed by atoms with E-state index in [4.69, 9.17) is 0 Å². The number of nitrogens with zero attached hydrogens (tertiary/aromatic N) is 2. The second-order valence-corrected chi connectivity index (χ2v) is 8.90. The molecule has 0 saturated carbocycles. The number of nitrogens with one attached hydrogen (secondary N) is 1. The van der Waals surface area contributed by atoms with Gasteiger partial charge in [-0.05, 0) is 42.5 Å². The Kier molecular flexibility index (Phi) is 6.43. The Morgan fingerprint density at radius 3 is 2.35 bits per heavy atom. The number of hydrogen-bond acceptors (Lipinski definition) is 2. The number of benzene rings is 2. The molecule has 0 aliphatic rings. The minimum atomic E-state index is -4.52. The molecule has 0 bridgehead atoms. The zero-order chi connectivity index (χ0) is 22.8.